The Labute approximate surface area is 189 Å². The predicted molar refractivity (Wildman–Crippen MR) is 125 cm³/mol. The minimum Gasteiger partial charge on any atom is -0.457 e. The number of hydrogen-bond acceptors (Lipinski definition) is 5. The summed E-state index contributed by atoms with van der Waals surface area (Å²) in [5, 5.41) is 14.1. The molecule has 1 fully saturated rings. The van der Waals surface area contributed by atoms with E-state index in [1.54, 1.807) is 36.5 Å². The fourth-order valence-corrected chi connectivity index (χ4v) is 3.90. The smallest absolute Gasteiger partial charge is 0.249 e. The van der Waals surface area contributed by atoms with E-state index in [0.717, 1.165) is 5.56 Å². The Kier molecular flexibility index (Phi) is 5.95. The molecule has 4 N–H and O–H groups in total. The zero-order valence-electron chi connectivity index (χ0n) is 16.8. The van der Waals surface area contributed by atoms with Gasteiger partial charge in [-0.05, 0) is 54.5 Å². The summed E-state index contributed by atoms with van der Waals surface area (Å²) in [6.07, 6.45) is 1.98. The van der Waals surface area contributed by atoms with Gasteiger partial charge in [-0.15, -0.1) is 0 Å². The average molecular weight is 457 g/mol. The molecule has 0 saturated carbocycles. The average Bonchev–Trinajstić information content (AvgIpc) is 2.72. The first-order valence-electron chi connectivity index (χ1n) is 9.78. The van der Waals surface area contributed by atoms with Gasteiger partial charge in [-0.2, -0.15) is 0 Å². The number of amides is 1. The second kappa shape index (κ2) is 8.66. The van der Waals surface area contributed by atoms with Crippen molar-refractivity contribution >= 4 is 51.4 Å². The van der Waals surface area contributed by atoms with E-state index >= 15 is 0 Å². The van der Waals surface area contributed by atoms with Crippen molar-refractivity contribution in [2.75, 3.05) is 18.4 Å². The quantitative estimate of drug-likeness (QED) is 0.503. The molecule has 2 aromatic carbocycles. The lowest BCUT2D eigenvalue weighted by Gasteiger charge is -2.37. The minimum atomic E-state index is -0.488. The van der Waals surface area contributed by atoms with Crippen LogP contribution in [-0.4, -0.2) is 45.2 Å². The van der Waals surface area contributed by atoms with Crippen LogP contribution in [0.25, 0.3) is 10.9 Å². The van der Waals surface area contributed by atoms with E-state index < -0.39 is 5.91 Å². The van der Waals surface area contributed by atoms with Crippen LogP contribution in [0.15, 0.2) is 42.6 Å². The number of nitrogens with zero attached hydrogens (tertiary/aromatic N) is 2. The van der Waals surface area contributed by atoms with E-state index in [-0.39, 0.29) is 6.10 Å². The number of likely N-dealkylation sites (tertiary alicyclic amines) is 1. The van der Waals surface area contributed by atoms with Crippen molar-refractivity contribution in [1.29, 1.82) is 0 Å². The van der Waals surface area contributed by atoms with Gasteiger partial charge in [0.2, 0.25) is 5.91 Å². The molecule has 160 valence electrons. The monoisotopic (exact) mass is 456 g/mol. The molecule has 1 aliphatic heterocycles. The van der Waals surface area contributed by atoms with Crippen LogP contribution in [0.2, 0.25) is 5.02 Å². The van der Waals surface area contributed by atoms with E-state index in [1.165, 1.54) is 0 Å². The maximum atomic E-state index is 11.9. The molecule has 2 heterocycles. The van der Waals surface area contributed by atoms with Gasteiger partial charge in [0, 0.05) is 36.3 Å². The molecule has 7 nitrogen and oxygen atoms in total. The number of β-amino-alcohol motifs (C(OH)–C–C–N with tert-alkyl or cyclic N) is 1. The highest BCUT2D eigenvalue weighted by Gasteiger charge is 2.26. The first-order chi connectivity index (χ1) is 14.9. The molecule has 0 atom stereocenters. The summed E-state index contributed by atoms with van der Waals surface area (Å²) in [7, 11) is 0. The number of halogens is 1. The Morgan fingerprint density at radius 3 is 2.77 bits per heavy atom. The van der Waals surface area contributed by atoms with Crippen molar-refractivity contribution in [2.45, 2.75) is 19.4 Å². The summed E-state index contributed by atoms with van der Waals surface area (Å²) >= 11 is 11.8. The van der Waals surface area contributed by atoms with Crippen molar-refractivity contribution in [3.63, 3.8) is 0 Å². The Bertz CT molecular complexity index is 1180. The van der Waals surface area contributed by atoms with E-state index in [9.17, 15) is 9.90 Å². The minimum absolute atomic E-state index is 0.343. The number of carbonyl (C=O) groups is 1. The van der Waals surface area contributed by atoms with E-state index in [1.807, 2.05) is 17.9 Å². The number of aryl methyl sites for hydroxylation is 1. The van der Waals surface area contributed by atoms with Crippen LogP contribution in [0.5, 0.6) is 11.5 Å². The molecule has 0 bridgehead atoms. The first-order valence-corrected chi connectivity index (χ1v) is 10.6. The molecule has 1 aromatic heterocycles. The van der Waals surface area contributed by atoms with Gasteiger partial charge in [-0.25, -0.2) is 0 Å². The van der Waals surface area contributed by atoms with Crippen LogP contribution < -0.4 is 15.8 Å². The summed E-state index contributed by atoms with van der Waals surface area (Å²) in [6.45, 7) is 2.97. The fraction of sp³-hybridized carbons (Fsp3) is 0.227. The Morgan fingerprint density at radius 2 is 2.13 bits per heavy atom. The normalized spacial score (nSPS) is 13.7. The highest BCUT2D eigenvalue weighted by Crippen LogP contribution is 2.34. The Balaban J connectivity index is 1.59. The maximum Gasteiger partial charge on any atom is 0.249 e. The number of aliphatic hydroxyl groups is 1. The van der Waals surface area contributed by atoms with E-state index in [4.69, 9.17) is 34.3 Å². The number of hydrogen-bond donors (Lipinski definition) is 3. The Morgan fingerprint density at radius 1 is 1.35 bits per heavy atom. The molecular formula is C22H21ClN4O3S. The van der Waals surface area contributed by atoms with Crippen LogP contribution >= 0.6 is 23.8 Å². The fourth-order valence-electron chi connectivity index (χ4n) is 3.42. The molecule has 1 amide bonds. The van der Waals surface area contributed by atoms with Gasteiger partial charge in [0.1, 0.15) is 11.5 Å². The number of fused-ring (bicyclic) bond motifs is 1. The van der Waals surface area contributed by atoms with Crippen LogP contribution in [0.4, 0.5) is 5.69 Å². The van der Waals surface area contributed by atoms with Gasteiger partial charge in [0.15, 0.2) is 5.11 Å². The summed E-state index contributed by atoms with van der Waals surface area (Å²) in [5.74, 6) is 0.572. The first kappa shape index (κ1) is 21.3. The molecule has 1 aliphatic rings. The maximum absolute atomic E-state index is 11.9. The lowest BCUT2D eigenvalue weighted by molar-refractivity contribution is 0.0482. The van der Waals surface area contributed by atoms with E-state index in [2.05, 4.69) is 10.3 Å². The van der Waals surface area contributed by atoms with Crippen molar-refractivity contribution < 1.29 is 14.6 Å². The lowest BCUT2D eigenvalue weighted by Crippen LogP contribution is -2.54. The number of pyridine rings is 1. The number of nitrogens with two attached hydrogens (primary N) is 1. The highest BCUT2D eigenvalue weighted by atomic mass is 35.5. The number of nitrogens with one attached hydrogen (secondary N) is 1. The highest BCUT2D eigenvalue weighted by molar-refractivity contribution is 7.80. The molecular weight excluding hydrogens is 436 g/mol. The van der Waals surface area contributed by atoms with Gasteiger partial charge >= 0.3 is 0 Å². The number of aromatic nitrogens is 1. The lowest BCUT2D eigenvalue weighted by atomic mass is 10.0. The van der Waals surface area contributed by atoms with Crippen molar-refractivity contribution in [2.24, 2.45) is 5.73 Å². The number of thiocarbonyl (C=S) groups is 1. The van der Waals surface area contributed by atoms with Gasteiger partial charge in [-0.1, -0.05) is 18.5 Å². The molecule has 31 heavy (non-hydrogen) atoms. The third kappa shape index (κ3) is 4.41. The molecule has 4 rings (SSSR count). The van der Waals surface area contributed by atoms with E-state index in [0.29, 0.717) is 63.3 Å². The van der Waals surface area contributed by atoms with Gasteiger partial charge in [0.25, 0.3) is 0 Å². The van der Waals surface area contributed by atoms with Gasteiger partial charge < -0.3 is 25.8 Å². The third-order valence-corrected chi connectivity index (χ3v) is 5.81. The summed E-state index contributed by atoms with van der Waals surface area (Å²) in [5.41, 5.74) is 8.20. The molecule has 3 aromatic rings. The second-order valence-corrected chi connectivity index (χ2v) is 8.08. The molecule has 0 aliphatic carbocycles. The number of aliphatic hydroxyl groups excluding tert-OH is 1. The number of rotatable bonds is 5. The van der Waals surface area contributed by atoms with Crippen molar-refractivity contribution in [3.05, 3.63) is 58.7 Å². The second-order valence-electron chi connectivity index (χ2n) is 7.29. The standard InChI is InChI=1S/C22H21ClN4O3S/c1-2-12-7-19-16(9-15(12)21(24)29)20(5-6-25-19)30-14-3-4-18(17(23)8-14)26-22(31)27-10-13(28)11-27/h3-9,13,28H,2,10-11H2,1H3,(H2,24,29)(H,26,31). The molecule has 0 spiro atoms. The summed E-state index contributed by atoms with van der Waals surface area (Å²) < 4.78 is 6.05. The zero-order valence-corrected chi connectivity index (χ0v) is 18.3. The van der Waals surface area contributed by atoms with Crippen molar-refractivity contribution in [3.8, 4) is 11.5 Å². The molecule has 0 unspecified atom stereocenters. The third-order valence-electron chi connectivity index (χ3n) is 5.13. The van der Waals surface area contributed by atoms with Crippen molar-refractivity contribution in [1.82, 2.24) is 9.88 Å². The zero-order chi connectivity index (χ0) is 22.1. The number of carbonyl (C=O) groups excluding carboxylic acids is 1. The number of primary amides is 1. The molecule has 0 radical (unpaired) electrons. The Hall–Kier alpha value is -2.94. The summed E-state index contributed by atoms with van der Waals surface area (Å²) in [6, 6.07) is 10.5. The topological polar surface area (TPSA) is 101 Å². The largest absolute Gasteiger partial charge is 0.457 e. The predicted octanol–water partition coefficient (Wildman–Crippen LogP) is 3.72. The number of benzene rings is 2. The number of ether oxygens (including phenoxy) is 1. The number of anilines is 1. The van der Waals surface area contributed by atoms with Crippen LogP contribution in [0.1, 0.15) is 22.8 Å². The SMILES string of the molecule is CCc1cc2nccc(Oc3ccc(NC(=S)N4CC(O)C4)c(Cl)c3)c2cc1C(N)=O. The van der Waals surface area contributed by atoms with Crippen LogP contribution in [-0.2, 0) is 6.42 Å². The van der Waals surface area contributed by atoms with Crippen LogP contribution in [0.3, 0.4) is 0 Å². The molecule has 1 saturated heterocycles. The van der Waals surface area contributed by atoms with Crippen LogP contribution in [0, 0.1) is 0 Å². The van der Waals surface area contributed by atoms with Gasteiger partial charge in [-0.3, -0.25) is 9.78 Å². The van der Waals surface area contributed by atoms with Gasteiger partial charge in [0.05, 0.1) is 22.3 Å². The molecule has 9 heteroatoms. The summed E-state index contributed by atoms with van der Waals surface area (Å²) in [4.78, 5) is 18.1.